The lowest BCUT2D eigenvalue weighted by atomic mass is 9.75. The van der Waals surface area contributed by atoms with Gasteiger partial charge in [-0.2, -0.15) is 0 Å². The highest BCUT2D eigenvalue weighted by Crippen LogP contribution is 2.34. The van der Waals surface area contributed by atoms with Gasteiger partial charge in [-0.25, -0.2) is 0 Å². The van der Waals surface area contributed by atoms with Gasteiger partial charge in [0.1, 0.15) is 0 Å². The van der Waals surface area contributed by atoms with Gasteiger partial charge in [-0.1, -0.05) is 39.5 Å². The molecule has 1 saturated carbocycles. The molecule has 0 bridgehead atoms. The van der Waals surface area contributed by atoms with Crippen molar-refractivity contribution in [2.75, 3.05) is 6.54 Å². The van der Waals surface area contributed by atoms with Gasteiger partial charge in [-0.3, -0.25) is 0 Å². The summed E-state index contributed by atoms with van der Waals surface area (Å²) in [7, 11) is 0. The van der Waals surface area contributed by atoms with E-state index >= 15 is 0 Å². The summed E-state index contributed by atoms with van der Waals surface area (Å²) in [6, 6.07) is 0. The molecule has 1 aliphatic rings. The zero-order valence-corrected chi connectivity index (χ0v) is 9.26. The van der Waals surface area contributed by atoms with Gasteiger partial charge in [0.15, 0.2) is 0 Å². The molecular weight excluding hydrogens is 158 g/mol. The van der Waals surface area contributed by atoms with E-state index in [0.29, 0.717) is 0 Å². The molecule has 1 aliphatic carbocycles. The summed E-state index contributed by atoms with van der Waals surface area (Å²) in [5.41, 5.74) is 5.81. The maximum Gasteiger partial charge on any atom is -0.00462 e. The second kappa shape index (κ2) is 5.64. The molecule has 2 N–H and O–H groups in total. The molecule has 0 amide bonds. The van der Waals surface area contributed by atoms with E-state index in [2.05, 4.69) is 13.8 Å². The monoisotopic (exact) mass is 183 g/mol. The highest BCUT2D eigenvalue weighted by molar-refractivity contribution is 4.77. The maximum atomic E-state index is 5.81. The molecule has 78 valence electrons. The van der Waals surface area contributed by atoms with E-state index in [1.807, 2.05) is 0 Å². The van der Waals surface area contributed by atoms with Crippen molar-refractivity contribution in [1.82, 2.24) is 0 Å². The molecule has 0 radical (unpaired) electrons. The van der Waals surface area contributed by atoms with Crippen molar-refractivity contribution in [2.45, 2.75) is 52.4 Å². The largest absolute Gasteiger partial charge is 0.330 e. The quantitative estimate of drug-likeness (QED) is 0.711. The Morgan fingerprint density at radius 3 is 2.38 bits per heavy atom. The highest BCUT2D eigenvalue weighted by atomic mass is 14.6. The Hall–Kier alpha value is -0.0400. The standard InChI is InChI=1S/C12H25N/c1-3-10(2)8-11-6-4-5-7-12(11)9-13/h10-12H,3-9,13H2,1-2H3. The topological polar surface area (TPSA) is 26.0 Å². The molecule has 0 aromatic rings. The van der Waals surface area contributed by atoms with Crippen molar-refractivity contribution in [3.63, 3.8) is 0 Å². The number of rotatable bonds is 4. The Morgan fingerprint density at radius 2 is 1.85 bits per heavy atom. The smallest absolute Gasteiger partial charge is 0.00462 e. The van der Waals surface area contributed by atoms with Crippen molar-refractivity contribution in [2.24, 2.45) is 23.5 Å². The van der Waals surface area contributed by atoms with Crippen LogP contribution in [0.25, 0.3) is 0 Å². The van der Waals surface area contributed by atoms with Gasteiger partial charge in [0, 0.05) is 0 Å². The number of hydrogen-bond donors (Lipinski definition) is 1. The maximum absolute atomic E-state index is 5.81. The fourth-order valence-electron chi connectivity index (χ4n) is 2.59. The molecule has 1 rings (SSSR count). The fraction of sp³-hybridized carbons (Fsp3) is 1.00. The van der Waals surface area contributed by atoms with Gasteiger partial charge in [-0.15, -0.1) is 0 Å². The summed E-state index contributed by atoms with van der Waals surface area (Å²) >= 11 is 0. The SMILES string of the molecule is CCC(C)CC1CCCCC1CN. The molecule has 1 fully saturated rings. The van der Waals surface area contributed by atoms with Crippen LogP contribution in [0.4, 0.5) is 0 Å². The average molecular weight is 183 g/mol. The molecular formula is C12H25N. The second-order valence-corrected chi connectivity index (χ2v) is 4.79. The van der Waals surface area contributed by atoms with Gasteiger partial charge < -0.3 is 5.73 Å². The first-order chi connectivity index (χ1) is 6.27. The van der Waals surface area contributed by atoms with Crippen LogP contribution in [0.5, 0.6) is 0 Å². The van der Waals surface area contributed by atoms with Crippen molar-refractivity contribution in [3.05, 3.63) is 0 Å². The zero-order valence-electron chi connectivity index (χ0n) is 9.26. The first kappa shape index (κ1) is 11.0. The minimum atomic E-state index is 0.836. The van der Waals surface area contributed by atoms with Crippen molar-refractivity contribution in [1.29, 1.82) is 0 Å². The van der Waals surface area contributed by atoms with Crippen LogP contribution in [0.3, 0.4) is 0 Å². The summed E-state index contributed by atoms with van der Waals surface area (Å²) in [6.07, 6.45) is 8.42. The third-order valence-corrected chi connectivity index (χ3v) is 3.77. The van der Waals surface area contributed by atoms with E-state index < -0.39 is 0 Å². The van der Waals surface area contributed by atoms with Crippen LogP contribution < -0.4 is 5.73 Å². The summed E-state index contributed by atoms with van der Waals surface area (Å²) in [4.78, 5) is 0. The highest BCUT2D eigenvalue weighted by Gasteiger charge is 2.24. The van der Waals surface area contributed by atoms with Crippen molar-refractivity contribution < 1.29 is 0 Å². The first-order valence-corrected chi connectivity index (χ1v) is 5.98. The molecule has 13 heavy (non-hydrogen) atoms. The Labute approximate surface area is 83.1 Å². The molecule has 1 heteroatoms. The summed E-state index contributed by atoms with van der Waals surface area (Å²) in [5, 5.41) is 0. The van der Waals surface area contributed by atoms with Crippen LogP contribution in [0, 0.1) is 17.8 Å². The molecule has 3 atom stereocenters. The minimum absolute atomic E-state index is 0.836. The van der Waals surface area contributed by atoms with E-state index in [0.717, 1.165) is 24.3 Å². The first-order valence-electron chi connectivity index (χ1n) is 5.98. The molecule has 0 saturated heterocycles. The van der Waals surface area contributed by atoms with Crippen LogP contribution in [0.1, 0.15) is 52.4 Å². The minimum Gasteiger partial charge on any atom is -0.330 e. The lowest BCUT2D eigenvalue weighted by molar-refractivity contribution is 0.204. The summed E-state index contributed by atoms with van der Waals surface area (Å²) < 4.78 is 0. The molecule has 0 aromatic carbocycles. The fourth-order valence-corrected chi connectivity index (χ4v) is 2.59. The Kier molecular flexibility index (Phi) is 4.79. The van der Waals surface area contributed by atoms with E-state index in [9.17, 15) is 0 Å². The van der Waals surface area contributed by atoms with Gasteiger partial charge in [0.05, 0.1) is 0 Å². The van der Waals surface area contributed by atoms with E-state index in [4.69, 9.17) is 5.73 Å². The van der Waals surface area contributed by atoms with Crippen LogP contribution in [0.15, 0.2) is 0 Å². The lowest BCUT2D eigenvalue weighted by Gasteiger charge is -2.32. The summed E-state index contributed by atoms with van der Waals surface area (Å²) in [5.74, 6) is 2.67. The van der Waals surface area contributed by atoms with E-state index in [1.165, 1.54) is 38.5 Å². The Morgan fingerprint density at radius 1 is 1.23 bits per heavy atom. The Bertz CT molecular complexity index is 133. The molecule has 1 nitrogen and oxygen atoms in total. The third kappa shape index (κ3) is 3.30. The van der Waals surface area contributed by atoms with Crippen molar-refractivity contribution >= 4 is 0 Å². The molecule has 3 unspecified atom stereocenters. The molecule has 0 heterocycles. The predicted octanol–water partition coefficient (Wildman–Crippen LogP) is 3.19. The van der Waals surface area contributed by atoms with E-state index in [-0.39, 0.29) is 0 Å². The van der Waals surface area contributed by atoms with Crippen LogP contribution >= 0.6 is 0 Å². The van der Waals surface area contributed by atoms with Gasteiger partial charge in [0.25, 0.3) is 0 Å². The van der Waals surface area contributed by atoms with Gasteiger partial charge >= 0.3 is 0 Å². The van der Waals surface area contributed by atoms with Crippen molar-refractivity contribution in [3.8, 4) is 0 Å². The Balaban J connectivity index is 2.35. The average Bonchev–Trinajstić information content (AvgIpc) is 2.18. The molecule has 0 spiro atoms. The number of nitrogens with two attached hydrogens (primary N) is 1. The second-order valence-electron chi connectivity index (χ2n) is 4.79. The normalized spacial score (nSPS) is 31.6. The summed E-state index contributed by atoms with van der Waals surface area (Å²) in [6.45, 7) is 5.59. The molecule has 0 aromatic heterocycles. The molecule has 0 aliphatic heterocycles. The van der Waals surface area contributed by atoms with Crippen LogP contribution in [-0.2, 0) is 0 Å². The van der Waals surface area contributed by atoms with Gasteiger partial charge in [0.2, 0.25) is 0 Å². The number of hydrogen-bond acceptors (Lipinski definition) is 1. The van der Waals surface area contributed by atoms with Gasteiger partial charge in [-0.05, 0) is 37.1 Å². The zero-order chi connectivity index (χ0) is 9.68. The lowest BCUT2D eigenvalue weighted by Crippen LogP contribution is -2.27. The van der Waals surface area contributed by atoms with E-state index in [1.54, 1.807) is 0 Å². The third-order valence-electron chi connectivity index (χ3n) is 3.77. The van der Waals surface area contributed by atoms with Crippen LogP contribution in [-0.4, -0.2) is 6.54 Å². The van der Waals surface area contributed by atoms with Crippen LogP contribution in [0.2, 0.25) is 0 Å². The predicted molar refractivity (Wildman–Crippen MR) is 58.6 cm³/mol.